The third-order valence-electron chi connectivity index (χ3n) is 5.89. The van der Waals surface area contributed by atoms with Crippen LogP contribution in [-0.4, -0.2) is 0 Å². The second-order valence-corrected chi connectivity index (χ2v) is 13.3. The van der Waals surface area contributed by atoms with Gasteiger partial charge < -0.3 is 0 Å². The smallest absolute Gasteiger partial charge is 0 e. The SMILES string of the molecule is N=N/N=N/N=N/N=N/N=N/N=N/N=N/N=N/N=N/N=N/N=N/N=N/N=N/N=N/N=N/N=N/N=N/N=N/N=N/N=N/N=N/N=N/N=N/N=N/N=N/N=N/N=N/N=N/N=N/N=N/N=N/N=N/N=N/N=N/N=N/N=N/N=N/N=N/N=N/N=N/N=N/N=N/N=N/N=N/N=N/N=N/N=N/N=N/N=N/N=N/N=N/N=N/N=N/N=N/N=N/N=N/N=N/N=N/N=N/N=N/N=N/N=N/N=N/N=N/N=N/N=N/N=N/N=N/N=N/N=N/N=N/N=N/N=N/N=N/N=N. The van der Waals surface area contributed by atoms with E-state index in [1.54, 1.807) is 0 Å². The first kappa shape index (κ1) is 120. The topological polar surface area (TPSA) is 1880 Å². The van der Waals surface area contributed by atoms with Gasteiger partial charge in [0, 0.05) is 689 Å². The average Bonchev–Trinajstić information content (AvgIpc) is 1.12. The van der Waals surface area contributed by atoms with Gasteiger partial charge in [-0.15, -0.1) is 0 Å². The van der Waals surface area contributed by atoms with Crippen molar-refractivity contribution in [2.45, 2.75) is 0 Å². The van der Waals surface area contributed by atoms with E-state index in [0.717, 1.165) is 0 Å². The fraction of sp³-hybridized carbons (Fsp3) is 0. The third-order valence-corrected chi connectivity index (χ3v) is 5.89. The quantitative estimate of drug-likeness (QED) is 0.0424. The molecule has 0 spiro atoms. The highest BCUT2D eigenvalue weighted by Crippen LogP contribution is 2.03. The van der Waals surface area contributed by atoms with Crippen LogP contribution in [0, 0.1) is 11.1 Å². The van der Waals surface area contributed by atoms with Gasteiger partial charge in [0.1, 0.15) is 0 Å². The first-order chi connectivity index (χ1) is 74.9. The molecule has 150 nitrogen and oxygen atoms in total. The monoisotopic (exact) mass is 2100 g/mol. The van der Waals surface area contributed by atoms with Gasteiger partial charge in [0.25, 0.3) is 0 Å². The van der Waals surface area contributed by atoms with Crippen LogP contribution in [0.25, 0.3) is 0 Å². The Labute approximate surface area is 783 Å². The highest BCUT2D eigenvalue weighted by molar-refractivity contribution is 4.28. The van der Waals surface area contributed by atoms with Gasteiger partial charge in [0.2, 0.25) is 0 Å². The van der Waals surface area contributed by atoms with Crippen molar-refractivity contribution in [3.8, 4) is 0 Å². The molecule has 0 aliphatic heterocycles. The van der Waals surface area contributed by atoms with Crippen molar-refractivity contribution in [3.05, 3.63) is 0 Å². The summed E-state index contributed by atoms with van der Waals surface area (Å²) in [5, 5.41) is 441. The zero-order valence-corrected chi connectivity index (χ0v) is 67.2. The van der Waals surface area contributed by atoms with Crippen molar-refractivity contribution >= 4 is 0 Å². The molecular weight excluding hydrogens is 2100 g/mol. The van der Waals surface area contributed by atoms with E-state index in [9.17, 15) is 0 Å². The molecule has 0 aromatic heterocycles. The first-order valence-corrected chi connectivity index (χ1v) is 29.8. The van der Waals surface area contributed by atoms with E-state index in [2.05, 4.69) is 773 Å². The molecule has 0 unspecified atom stereocenters. The number of nitrogens with one attached hydrogen (secondary N) is 2. The fourth-order valence-corrected chi connectivity index (χ4v) is 2.62. The predicted molar refractivity (Wildman–Crippen MR) is 365 cm³/mol. The van der Waals surface area contributed by atoms with Crippen molar-refractivity contribution in [2.75, 3.05) is 0 Å². The molecule has 150 heavy (non-hydrogen) atoms. The molecule has 0 aromatic carbocycles. The molecule has 0 atom stereocenters. The summed E-state index contributed by atoms with van der Waals surface area (Å²) in [6.45, 7) is 0. The van der Waals surface area contributed by atoms with Crippen molar-refractivity contribution in [2.24, 2.45) is 773 Å². The van der Waals surface area contributed by atoms with Gasteiger partial charge in [-0.2, -0.15) is 11.1 Å². The fourth-order valence-electron chi connectivity index (χ4n) is 2.62. The van der Waals surface area contributed by atoms with Gasteiger partial charge in [0.05, 0.1) is 0 Å². The van der Waals surface area contributed by atoms with Crippen LogP contribution in [0.3, 0.4) is 0 Å². The summed E-state index contributed by atoms with van der Waals surface area (Å²) in [4.78, 5) is 0. The summed E-state index contributed by atoms with van der Waals surface area (Å²) >= 11 is 0. The predicted octanol–water partition coefficient (Wildman–Crippen LogP) is 27.8. The lowest BCUT2D eigenvalue weighted by Gasteiger charge is -1.71. The van der Waals surface area contributed by atoms with Gasteiger partial charge in [-0.25, -0.2) is 0 Å². The maximum Gasteiger partial charge on any atom is 0 e. The third kappa shape index (κ3) is 118. The van der Waals surface area contributed by atoms with E-state index in [4.69, 9.17) is 11.1 Å². The van der Waals surface area contributed by atoms with E-state index in [0.29, 0.717) is 0 Å². The molecule has 752 valence electrons. The molecule has 0 fully saturated rings. The normalized spacial score (nSPS) is 15.7. The molecule has 0 aliphatic carbocycles. The van der Waals surface area contributed by atoms with Crippen molar-refractivity contribution in [3.63, 3.8) is 0 Å². The zero-order chi connectivity index (χ0) is 107. The summed E-state index contributed by atoms with van der Waals surface area (Å²) in [5.41, 5.74) is 12.6. The molecule has 0 heterocycles. The molecule has 0 saturated carbocycles. The van der Waals surface area contributed by atoms with E-state index in [-0.39, 0.29) is 0 Å². The molecule has 0 rings (SSSR count). The largest absolute Gasteiger partial charge is 0.183 e. The van der Waals surface area contributed by atoms with E-state index >= 15 is 0 Å². The summed E-state index contributed by atoms with van der Waals surface area (Å²) in [5.74, 6) is 0. The highest BCUT2D eigenvalue weighted by Gasteiger charge is 1.85. The van der Waals surface area contributed by atoms with Gasteiger partial charge in [-0.1, -0.05) is 0 Å². The summed E-state index contributed by atoms with van der Waals surface area (Å²) in [6.07, 6.45) is 0. The van der Waals surface area contributed by atoms with Gasteiger partial charge in [0.15, 0.2) is 0 Å². The Kier molecular flexibility index (Phi) is 95.2. The molecule has 0 bridgehead atoms. The number of hydrogen-bond acceptors (Lipinski definition) is 2. The molecule has 2 N–H and O–H groups in total. The number of nitrogens with zero attached hydrogens (tertiary/aromatic N) is 148. The second kappa shape index (κ2) is 119. The number of rotatable bonds is 74. The summed E-state index contributed by atoms with van der Waals surface area (Å²) in [7, 11) is 0. The minimum Gasteiger partial charge on any atom is -0.183 e. The molecule has 0 aromatic rings. The van der Waals surface area contributed by atoms with E-state index in [1.807, 2.05) is 0 Å². The van der Waals surface area contributed by atoms with Gasteiger partial charge >= 0.3 is 0 Å². The number of hydrogen-bond donors (Lipinski definition) is 2. The summed E-state index contributed by atoms with van der Waals surface area (Å²) in [6, 6.07) is 0. The van der Waals surface area contributed by atoms with E-state index in [1.165, 1.54) is 0 Å². The first-order valence-electron chi connectivity index (χ1n) is 29.8. The van der Waals surface area contributed by atoms with Crippen LogP contribution in [0.5, 0.6) is 0 Å². The van der Waals surface area contributed by atoms with Gasteiger partial charge in [-0.05, 0) is 83.6 Å². The lowest BCUT2D eigenvalue weighted by Crippen LogP contribution is -1.52. The van der Waals surface area contributed by atoms with Crippen LogP contribution >= 0.6 is 0 Å². The van der Waals surface area contributed by atoms with Crippen LogP contribution in [0.2, 0.25) is 0 Å². The van der Waals surface area contributed by atoms with Crippen LogP contribution in [0.4, 0.5) is 0 Å². The minimum absolute atomic E-state index is 2.50. The van der Waals surface area contributed by atoms with E-state index < -0.39 is 0 Å². The molecule has 0 radical (unpaired) electrons. The standard InChI is InChI=1S/H2N150/c1-3-5-7-9-11-13-15-17-19-21-23-25-27-29-31-33-35-37-39-41-43-45-47-49-51-53-55-57-59-61-63-65-67-69-71-73-75-77-79-81-83-85-87-89-91-93-95-97-99-101-103-105-107-109-111-113-115-117-119-121-123-125-127-129-131-133-135-137-139-141-143-145-147-149-150-148-146-144-142-140-138-136-134-132-130-128-126-124-122-120-118-116-114-112-110-108-106-104-102-100-98-96-94-92-90-88-86-84-82-80-78-76-74-72-70-68-66-64-62-60-58-56-54-52-50-48-46-44-42-40-38-36-34-32-30-28-26-24-22-20-18-16-14-12-10-8-6-4-2/h1-2H/b3-1?,4-2?,7-5+,8-6+,11-9+,12-10+,15-13+,16-14+,19-17+,20-18+,23-21+,24-22+,27-25+,28-26+,31-29+,32-30+,35-33+,36-34+,39-37+,40-38+,43-41+,44-42+,47-45+,48-46+,51-49+,52-50+,55-53+,56-54+,59-57+,60-58+,63-61+,64-62+,67-65+,68-66+,71-69+,72-70+,75-73+,76-74+,79-77+,80-78+,83-81+,84-82+,87-85+,88-86+,91-89+,92-90+,95-93+,96-94+,99-97+,100-98+,103-101+,104-102+,107-105+,108-106+,111-109+,112-110+,115-113+,116-114+,119-117+,120-118+,123-121+,124-122+,127-125+,128-126+,131-129+,132-130+,135-133+,136-134+,139-137+,140-138+,143-141+,144-142+,147-145+,148-146+,150-149+. The Bertz CT molecular complexity index is 5110. The molecule has 0 amide bonds. The highest BCUT2D eigenvalue weighted by atomic mass is 15.9. The maximum absolute atomic E-state index is 6.28. The van der Waals surface area contributed by atoms with Crippen LogP contribution < -0.4 is 0 Å². The van der Waals surface area contributed by atoms with Crippen molar-refractivity contribution < 1.29 is 0 Å². The summed E-state index contributed by atoms with van der Waals surface area (Å²) < 4.78 is 0. The second-order valence-electron chi connectivity index (χ2n) is 13.3. The minimum atomic E-state index is 2.50. The van der Waals surface area contributed by atoms with Crippen LogP contribution in [-0.2, 0) is 0 Å². The molecule has 0 saturated heterocycles. The Morgan fingerprint density at radius 1 is 0.0333 bits per heavy atom. The van der Waals surface area contributed by atoms with Gasteiger partial charge in [-0.3, -0.25) is 0 Å². The van der Waals surface area contributed by atoms with Crippen molar-refractivity contribution in [1.82, 2.24) is 0 Å². The van der Waals surface area contributed by atoms with Crippen LogP contribution in [0.15, 0.2) is 773 Å². The Morgan fingerprint density at radius 2 is 0.0533 bits per heavy atom. The lowest BCUT2D eigenvalue weighted by atomic mass is 12.3. The molecular formula is H2N150. The Balaban J connectivity index is 4.14. The Hall–Kier alpha value is -30.0. The lowest BCUT2D eigenvalue weighted by molar-refractivity contribution is 0.722. The average molecular weight is 2100 g/mol. The molecule has 0 aliphatic rings. The zero-order valence-electron chi connectivity index (χ0n) is 67.2. The Morgan fingerprint density at radius 3 is 0.0733 bits per heavy atom. The maximum atomic E-state index is 6.28. The van der Waals surface area contributed by atoms with Crippen molar-refractivity contribution in [1.29, 1.82) is 11.1 Å². The molecule has 150 heteroatoms. The van der Waals surface area contributed by atoms with Crippen LogP contribution in [0.1, 0.15) is 0 Å².